The summed E-state index contributed by atoms with van der Waals surface area (Å²) in [6.45, 7) is 2.34. The topological polar surface area (TPSA) is 129 Å². The van der Waals surface area contributed by atoms with E-state index in [1.54, 1.807) is 30.6 Å². The highest BCUT2D eigenvalue weighted by atomic mass is 32.2. The lowest BCUT2D eigenvalue weighted by atomic mass is 9.87. The number of nitrogens with zero attached hydrogens (tertiary/aromatic N) is 1. The monoisotopic (exact) mass is 697 g/mol. The van der Waals surface area contributed by atoms with E-state index in [2.05, 4.69) is 57.7 Å². The average Bonchev–Trinajstić information content (AvgIpc) is 3.76. The number of amides is 4. The van der Waals surface area contributed by atoms with Crippen LogP contribution < -0.4 is 21.3 Å². The van der Waals surface area contributed by atoms with Gasteiger partial charge in [0.25, 0.3) is 0 Å². The van der Waals surface area contributed by atoms with Gasteiger partial charge in [0.15, 0.2) is 0 Å². The van der Waals surface area contributed by atoms with Crippen LogP contribution in [0.15, 0.2) is 72.8 Å². The zero-order valence-corrected chi connectivity index (χ0v) is 29.6. The highest BCUT2D eigenvalue weighted by molar-refractivity contribution is 7.99. The molecular weight excluding hydrogens is 651 g/mol. The largest absolute Gasteiger partial charge is 0.449 e. The molecule has 10 nitrogen and oxygen atoms in total. The van der Waals surface area contributed by atoms with E-state index >= 15 is 0 Å². The van der Waals surface area contributed by atoms with Crippen LogP contribution in [0.5, 0.6) is 0 Å². The van der Waals surface area contributed by atoms with E-state index in [4.69, 9.17) is 4.74 Å². The van der Waals surface area contributed by atoms with Crippen LogP contribution in [0.3, 0.4) is 0 Å². The molecule has 0 bridgehead atoms. The summed E-state index contributed by atoms with van der Waals surface area (Å²) < 4.78 is 5.66. The molecule has 6 rings (SSSR count). The normalized spacial score (nSPS) is 19.0. The second-order valence-corrected chi connectivity index (χ2v) is 14.3. The van der Waals surface area contributed by atoms with Crippen molar-refractivity contribution in [2.75, 3.05) is 31.8 Å². The predicted octanol–water partition coefficient (Wildman–Crippen LogP) is 4.88. The Morgan fingerprint density at radius 2 is 1.60 bits per heavy atom. The first-order valence-corrected chi connectivity index (χ1v) is 18.8. The molecule has 3 aromatic rings. The Bertz CT molecular complexity index is 1660. The van der Waals surface area contributed by atoms with Gasteiger partial charge < -0.3 is 30.9 Å². The number of nitrogens with one attached hydrogen (secondary N) is 4. The quantitative estimate of drug-likeness (QED) is 0.188. The molecule has 0 spiro atoms. The minimum atomic E-state index is -0.794. The first-order chi connectivity index (χ1) is 24.4. The standard InChI is InChI=1S/C39H47N5O5S/c1-25(40-2)36(45)43-34(38(47)44-24-50-23-35(44)37(46)42-33-20-11-13-26-12-3-4-14-27(26)33)19-9-10-21-41-39(48)49-22-32-30-17-7-5-15-28(30)29-16-6-8-18-31(29)32/h3-8,12,14-18,25,32-35,40H,9-11,13,19-24H2,1-2H3,(H,41,48)(H,42,46)(H,43,45). The first-order valence-electron chi connectivity index (χ1n) is 17.7. The second-order valence-electron chi connectivity index (χ2n) is 13.3. The molecule has 1 saturated heterocycles. The molecule has 3 aliphatic rings. The van der Waals surface area contributed by atoms with Crippen molar-refractivity contribution >= 4 is 35.6 Å². The van der Waals surface area contributed by atoms with E-state index in [0.29, 0.717) is 37.4 Å². The lowest BCUT2D eigenvalue weighted by Crippen LogP contribution is -2.56. The Kier molecular flexibility index (Phi) is 11.8. The summed E-state index contributed by atoms with van der Waals surface area (Å²) in [6, 6.07) is 22.7. The van der Waals surface area contributed by atoms with E-state index in [9.17, 15) is 19.2 Å². The maximum Gasteiger partial charge on any atom is 0.407 e. The molecule has 0 saturated carbocycles. The number of alkyl carbamates (subject to hydrolysis) is 1. The number of carbonyl (C=O) groups is 4. The average molecular weight is 698 g/mol. The number of likely N-dealkylation sites (N-methyl/N-ethyl adjacent to an activating group) is 1. The van der Waals surface area contributed by atoms with E-state index < -0.39 is 24.2 Å². The van der Waals surface area contributed by atoms with Gasteiger partial charge >= 0.3 is 6.09 Å². The number of unbranched alkanes of at least 4 members (excludes halogenated alkanes) is 1. The summed E-state index contributed by atoms with van der Waals surface area (Å²) in [7, 11) is 1.69. The van der Waals surface area contributed by atoms with Crippen molar-refractivity contribution in [1.29, 1.82) is 0 Å². The molecule has 264 valence electrons. The third kappa shape index (κ3) is 8.00. The number of fused-ring (bicyclic) bond motifs is 4. The van der Waals surface area contributed by atoms with Crippen molar-refractivity contribution in [1.82, 2.24) is 26.2 Å². The van der Waals surface area contributed by atoms with Gasteiger partial charge in [0.05, 0.1) is 18.0 Å². The molecule has 0 aromatic heterocycles. The molecule has 2 aliphatic carbocycles. The molecule has 11 heteroatoms. The zero-order valence-electron chi connectivity index (χ0n) is 28.8. The summed E-state index contributed by atoms with van der Waals surface area (Å²) in [5.74, 6) is 0.163. The Morgan fingerprint density at radius 1 is 0.920 bits per heavy atom. The maximum atomic E-state index is 14.0. The van der Waals surface area contributed by atoms with Crippen molar-refractivity contribution in [2.45, 2.75) is 75.5 Å². The van der Waals surface area contributed by atoms with Gasteiger partial charge in [-0.25, -0.2) is 4.79 Å². The smallest absolute Gasteiger partial charge is 0.407 e. The molecule has 4 unspecified atom stereocenters. The van der Waals surface area contributed by atoms with Crippen LogP contribution in [0, 0.1) is 0 Å². The number of thioether (sulfide) groups is 1. The second kappa shape index (κ2) is 16.6. The van der Waals surface area contributed by atoms with Gasteiger partial charge in [-0.05, 0) is 85.9 Å². The van der Waals surface area contributed by atoms with E-state index in [1.807, 2.05) is 36.4 Å². The minimum absolute atomic E-state index is 0.0170. The van der Waals surface area contributed by atoms with Gasteiger partial charge in [0.1, 0.15) is 18.7 Å². The van der Waals surface area contributed by atoms with Gasteiger partial charge in [0.2, 0.25) is 17.7 Å². The SMILES string of the molecule is CNC(C)C(=O)NC(CCCCNC(=O)OCC1c2ccccc2-c2ccccc21)C(=O)N1CSCC1C(=O)NC1CCCc2ccccc21. The van der Waals surface area contributed by atoms with E-state index in [1.165, 1.54) is 16.7 Å². The fourth-order valence-electron chi connectivity index (χ4n) is 7.25. The number of carbonyl (C=O) groups excluding carboxylic acids is 4. The van der Waals surface area contributed by atoms with Crippen LogP contribution >= 0.6 is 11.8 Å². The Balaban J connectivity index is 1.01. The Morgan fingerprint density at radius 3 is 2.32 bits per heavy atom. The lowest BCUT2D eigenvalue weighted by Gasteiger charge is -2.31. The molecule has 4 N–H and O–H groups in total. The van der Waals surface area contributed by atoms with Crippen molar-refractivity contribution < 1.29 is 23.9 Å². The van der Waals surface area contributed by atoms with Gasteiger partial charge in [-0.2, -0.15) is 0 Å². The number of aryl methyl sites for hydroxylation is 1. The number of benzene rings is 3. The molecule has 4 atom stereocenters. The number of hydrogen-bond acceptors (Lipinski definition) is 7. The lowest BCUT2D eigenvalue weighted by molar-refractivity contribution is -0.141. The summed E-state index contributed by atoms with van der Waals surface area (Å²) in [6.07, 6.45) is 3.91. The Labute approximate surface area is 298 Å². The van der Waals surface area contributed by atoms with Crippen molar-refractivity contribution in [3.05, 3.63) is 95.1 Å². The van der Waals surface area contributed by atoms with Gasteiger partial charge in [-0.1, -0.05) is 72.8 Å². The molecule has 3 aromatic carbocycles. The Hall–Kier alpha value is -4.35. The predicted molar refractivity (Wildman–Crippen MR) is 196 cm³/mol. The fraction of sp³-hybridized carbons (Fsp3) is 0.436. The highest BCUT2D eigenvalue weighted by Crippen LogP contribution is 2.44. The van der Waals surface area contributed by atoms with Crippen LogP contribution in [0.4, 0.5) is 4.79 Å². The van der Waals surface area contributed by atoms with Crippen LogP contribution in [0.1, 0.15) is 73.2 Å². The van der Waals surface area contributed by atoms with E-state index in [-0.39, 0.29) is 36.3 Å². The van der Waals surface area contributed by atoms with E-state index in [0.717, 1.165) is 36.0 Å². The van der Waals surface area contributed by atoms with Gasteiger partial charge in [-0.3, -0.25) is 14.4 Å². The van der Waals surface area contributed by atoms with Crippen LogP contribution in [-0.4, -0.2) is 78.7 Å². The fourth-order valence-corrected chi connectivity index (χ4v) is 8.41. The molecule has 1 fully saturated rings. The first kappa shape index (κ1) is 35.5. The summed E-state index contributed by atoms with van der Waals surface area (Å²) in [4.78, 5) is 54.7. The van der Waals surface area contributed by atoms with Crippen molar-refractivity contribution in [3.63, 3.8) is 0 Å². The summed E-state index contributed by atoms with van der Waals surface area (Å²) >= 11 is 1.54. The highest BCUT2D eigenvalue weighted by Gasteiger charge is 2.39. The minimum Gasteiger partial charge on any atom is -0.449 e. The number of ether oxygens (including phenoxy) is 1. The zero-order chi connectivity index (χ0) is 35.0. The van der Waals surface area contributed by atoms with Crippen molar-refractivity contribution in [3.8, 4) is 11.1 Å². The van der Waals surface area contributed by atoms with Crippen LogP contribution in [0.25, 0.3) is 11.1 Å². The summed E-state index contributed by atoms with van der Waals surface area (Å²) in [5.41, 5.74) is 7.06. The maximum absolute atomic E-state index is 14.0. The number of hydrogen-bond donors (Lipinski definition) is 4. The third-order valence-corrected chi connectivity index (χ3v) is 11.1. The third-order valence-electron chi connectivity index (χ3n) is 10.1. The van der Waals surface area contributed by atoms with Crippen molar-refractivity contribution in [2.24, 2.45) is 0 Å². The molecule has 4 amide bonds. The van der Waals surface area contributed by atoms with Gasteiger partial charge in [-0.15, -0.1) is 11.8 Å². The van der Waals surface area contributed by atoms with Gasteiger partial charge in [0, 0.05) is 18.2 Å². The molecule has 1 heterocycles. The molecule has 50 heavy (non-hydrogen) atoms. The molecule has 0 radical (unpaired) electrons. The number of rotatable bonds is 13. The molecular formula is C39H47N5O5S. The van der Waals surface area contributed by atoms with Crippen LogP contribution in [0.2, 0.25) is 0 Å². The van der Waals surface area contributed by atoms with Crippen LogP contribution in [-0.2, 0) is 25.5 Å². The summed E-state index contributed by atoms with van der Waals surface area (Å²) in [5, 5.41) is 11.9. The molecule has 1 aliphatic heterocycles.